The number of piperidine rings is 1. The SMILES string of the molecule is O=C(O)CC(CCCCCCc1ccccc1)NC(=O)c1cccc(NC(=O)COC2CCNCC2)c1. The smallest absolute Gasteiger partial charge is 0.305 e. The molecule has 0 spiro atoms. The molecule has 37 heavy (non-hydrogen) atoms. The van der Waals surface area contributed by atoms with E-state index in [2.05, 4.69) is 28.1 Å². The van der Waals surface area contributed by atoms with Gasteiger partial charge in [0.15, 0.2) is 0 Å². The topological polar surface area (TPSA) is 117 Å². The predicted octanol–water partition coefficient (Wildman–Crippen LogP) is 4.16. The highest BCUT2D eigenvalue weighted by atomic mass is 16.5. The van der Waals surface area contributed by atoms with Crippen LogP contribution in [0.1, 0.15) is 67.3 Å². The summed E-state index contributed by atoms with van der Waals surface area (Å²) in [6.07, 6.45) is 7.34. The van der Waals surface area contributed by atoms with Crippen molar-refractivity contribution in [2.75, 3.05) is 25.0 Å². The molecule has 0 saturated carbocycles. The molecule has 1 fully saturated rings. The Morgan fingerprint density at radius 2 is 1.73 bits per heavy atom. The Labute approximate surface area is 219 Å². The van der Waals surface area contributed by atoms with E-state index in [1.54, 1.807) is 24.3 Å². The van der Waals surface area contributed by atoms with Gasteiger partial charge in [-0.3, -0.25) is 14.4 Å². The average Bonchev–Trinajstić information content (AvgIpc) is 2.90. The van der Waals surface area contributed by atoms with Crippen molar-refractivity contribution in [1.29, 1.82) is 0 Å². The van der Waals surface area contributed by atoms with Gasteiger partial charge in [0.1, 0.15) is 6.61 Å². The average molecular weight is 510 g/mol. The minimum absolute atomic E-state index is 0.0346. The van der Waals surface area contributed by atoms with Crippen molar-refractivity contribution >= 4 is 23.5 Å². The van der Waals surface area contributed by atoms with Gasteiger partial charge in [-0.2, -0.15) is 0 Å². The molecule has 2 aromatic rings. The van der Waals surface area contributed by atoms with E-state index in [0.29, 0.717) is 17.7 Å². The van der Waals surface area contributed by atoms with E-state index in [0.717, 1.165) is 58.0 Å². The van der Waals surface area contributed by atoms with Gasteiger partial charge in [0.2, 0.25) is 5.91 Å². The van der Waals surface area contributed by atoms with E-state index in [-0.39, 0.29) is 30.9 Å². The second-order valence-electron chi connectivity index (χ2n) is 9.60. The summed E-state index contributed by atoms with van der Waals surface area (Å²) in [7, 11) is 0. The molecular formula is C29H39N3O5. The van der Waals surface area contributed by atoms with Crippen molar-refractivity contribution in [3.05, 3.63) is 65.7 Å². The Hall–Kier alpha value is -3.23. The second-order valence-corrected chi connectivity index (χ2v) is 9.60. The zero-order chi connectivity index (χ0) is 26.3. The van der Waals surface area contributed by atoms with Crippen LogP contribution in [0.5, 0.6) is 0 Å². The van der Waals surface area contributed by atoms with Crippen LogP contribution >= 0.6 is 0 Å². The van der Waals surface area contributed by atoms with Crippen molar-refractivity contribution in [3.63, 3.8) is 0 Å². The quantitative estimate of drug-likeness (QED) is 0.268. The van der Waals surface area contributed by atoms with Gasteiger partial charge in [0.25, 0.3) is 5.91 Å². The number of carbonyl (C=O) groups is 3. The number of aryl methyl sites for hydroxylation is 1. The normalized spacial score (nSPS) is 14.6. The summed E-state index contributed by atoms with van der Waals surface area (Å²) in [6, 6.07) is 16.6. The Morgan fingerprint density at radius 3 is 2.49 bits per heavy atom. The van der Waals surface area contributed by atoms with Gasteiger partial charge in [0.05, 0.1) is 12.5 Å². The first-order valence-electron chi connectivity index (χ1n) is 13.3. The molecule has 1 heterocycles. The van der Waals surface area contributed by atoms with Crippen LogP contribution in [-0.4, -0.2) is 54.7 Å². The lowest BCUT2D eigenvalue weighted by atomic mass is 10.0. The number of carboxylic acid groups (broad SMARTS) is 1. The van der Waals surface area contributed by atoms with Crippen LogP contribution in [0, 0.1) is 0 Å². The molecule has 200 valence electrons. The third kappa shape index (κ3) is 11.1. The maximum absolute atomic E-state index is 12.9. The highest BCUT2D eigenvalue weighted by molar-refractivity contribution is 5.97. The van der Waals surface area contributed by atoms with E-state index >= 15 is 0 Å². The third-order valence-corrected chi connectivity index (χ3v) is 6.51. The number of carboxylic acids is 1. The molecule has 1 atom stereocenters. The van der Waals surface area contributed by atoms with Gasteiger partial charge in [-0.05, 0) is 69.0 Å². The molecule has 8 nitrogen and oxygen atoms in total. The summed E-state index contributed by atoms with van der Waals surface area (Å²) in [5.41, 5.74) is 2.20. The number of carbonyl (C=O) groups excluding carboxylic acids is 2. The molecule has 1 saturated heterocycles. The van der Waals surface area contributed by atoms with E-state index in [9.17, 15) is 19.5 Å². The standard InChI is InChI=1S/C29H39N3O5/c33-27(21-37-26-15-17-30-18-16-26)31-24-14-8-12-23(19-24)29(36)32-25(20-28(34)35)13-7-2-1-4-9-22-10-5-3-6-11-22/h3,5-6,8,10-12,14,19,25-26,30H,1-2,4,7,9,13,15-18,20-21H2,(H,31,33)(H,32,36)(H,34,35). The zero-order valence-corrected chi connectivity index (χ0v) is 21.4. The molecule has 2 amide bonds. The number of ether oxygens (including phenoxy) is 1. The van der Waals surface area contributed by atoms with Crippen LogP contribution in [-0.2, 0) is 20.7 Å². The van der Waals surface area contributed by atoms with Crippen LogP contribution in [0.3, 0.4) is 0 Å². The van der Waals surface area contributed by atoms with Crippen molar-refractivity contribution in [3.8, 4) is 0 Å². The number of anilines is 1. The predicted molar refractivity (Wildman–Crippen MR) is 144 cm³/mol. The lowest BCUT2D eigenvalue weighted by Crippen LogP contribution is -2.36. The van der Waals surface area contributed by atoms with Crippen molar-refractivity contribution < 1.29 is 24.2 Å². The molecule has 0 aromatic heterocycles. The molecule has 1 unspecified atom stereocenters. The number of nitrogens with one attached hydrogen (secondary N) is 3. The molecule has 1 aliphatic rings. The number of aliphatic carboxylic acids is 1. The summed E-state index contributed by atoms with van der Waals surface area (Å²) in [5.74, 6) is -1.56. The highest BCUT2D eigenvalue weighted by Crippen LogP contribution is 2.15. The van der Waals surface area contributed by atoms with Gasteiger partial charge in [-0.15, -0.1) is 0 Å². The van der Waals surface area contributed by atoms with Crippen molar-refractivity contribution in [1.82, 2.24) is 10.6 Å². The van der Waals surface area contributed by atoms with E-state index in [1.165, 1.54) is 5.56 Å². The summed E-state index contributed by atoms with van der Waals surface area (Å²) >= 11 is 0. The largest absolute Gasteiger partial charge is 0.481 e. The lowest BCUT2D eigenvalue weighted by molar-refractivity contribution is -0.137. The van der Waals surface area contributed by atoms with Crippen molar-refractivity contribution in [2.45, 2.75) is 69.9 Å². The fraction of sp³-hybridized carbons (Fsp3) is 0.483. The van der Waals surface area contributed by atoms with Crippen LogP contribution in [0.15, 0.2) is 54.6 Å². The molecule has 4 N–H and O–H groups in total. The zero-order valence-electron chi connectivity index (χ0n) is 21.4. The van der Waals surface area contributed by atoms with Gasteiger partial charge in [-0.1, -0.05) is 55.7 Å². The minimum atomic E-state index is -0.941. The molecule has 3 rings (SSSR count). The number of unbranched alkanes of at least 4 members (excludes halogenated alkanes) is 3. The van der Waals surface area contributed by atoms with Gasteiger partial charge < -0.3 is 25.8 Å². The maximum Gasteiger partial charge on any atom is 0.305 e. The summed E-state index contributed by atoms with van der Waals surface area (Å²) in [6.45, 7) is 1.74. The van der Waals surface area contributed by atoms with E-state index in [4.69, 9.17) is 4.74 Å². The molecular weight excluding hydrogens is 470 g/mol. The number of rotatable bonds is 15. The monoisotopic (exact) mass is 509 g/mol. The van der Waals surface area contributed by atoms with Crippen LogP contribution in [0.2, 0.25) is 0 Å². The summed E-state index contributed by atoms with van der Waals surface area (Å²) < 4.78 is 5.68. The number of hydrogen-bond acceptors (Lipinski definition) is 5. The molecule has 0 aliphatic carbocycles. The second kappa shape index (κ2) is 15.8. The molecule has 0 radical (unpaired) electrons. The van der Waals surface area contributed by atoms with Crippen LogP contribution in [0.25, 0.3) is 0 Å². The number of benzene rings is 2. The molecule has 8 heteroatoms. The van der Waals surface area contributed by atoms with Gasteiger partial charge in [-0.25, -0.2) is 0 Å². The lowest BCUT2D eigenvalue weighted by Gasteiger charge is -2.22. The first-order chi connectivity index (χ1) is 18.0. The summed E-state index contributed by atoms with van der Waals surface area (Å²) in [4.78, 5) is 36.5. The fourth-order valence-corrected chi connectivity index (χ4v) is 4.51. The van der Waals surface area contributed by atoms with Crippen LogP contribution < -0.4 is 16.0 Å². The van der Waals surface area contributed by atoms with Gasteiger partial charge in [0, 0.05) is 17.3 Å². The molecule has 2 aromatic carbocycles. The Kier molecular flexibility index (Phi) is 12.1. The van der Waals surface area contributed by atoms with Crippen LogP contribution in [0.4, 0.5) is 5.69 Å². The van der Waals surface area contributed by atoms with Gasteiger partial charge >= 0.3 is 5.97 Å². The van der Waals surface area contributed by atoms with Crippen molar-refractivity contribution in [2.24, 2.45) is 0 Å². The Bertz CT molecular complexity index is 992. The molecule has 0 bridgehead atoms. The highest BCUT2D eigenvalue weighted by Gasteiger charge is 2.18. The van der Waals surface area contributed by atoms with E-state index in [1.807, 2.05) is 18.2 Å². The fourth-order valence-electron chi connectivity index (χ4n) is 4.51. The maximum atomic E-state index is 12.9. The first-order valence-corrected chi connectivity index (χ1v) is 13.3. The molecule has 1 aliphatic heterocycles. The summed E-state index contributed by atoms with van der Waals surface area (Å²) in [5, 5.41) is 18.2. The number of hydrogen-bond donors (Lipinski definition) is 4. The Balaban J connectivity index is 1.42. The Morgan fingerprint density at radius 1 is 0.973 bits per heavy atom. The third-order valence-electron chi connectivity index (χ3n) is 6.51. The van der Waals surface area contributed by atoms with E-state index < -0.39 is 12.0 Å². The number of amides is 2. The minimum Gasteiger partial charge on any atom is -0.481 e. The first kappa shape index (κ1) is 28.3.